The summed E-state index contributed by atoms with van der Waals surface area (Å²) in [5, 5.41) is 3.28. The standard InChI is InChI=1S/C16H26FN3/c1-3-18-13-14-7-6-8-15(17)16(14)19(2)11-12-20-9-4-5-10-20/h6-8,18H,3-5,9-13H2,1-2H3. The molecule has 0 spiro atoms. The number of benzene rings is 1. The van der Waals surface area contributed by atoms with E-state index in [2.05, 4.69) is 22.0 Å². The lowest BCUT2D eigenvalue weighted by atomic mass is 10.1. The van der Waals surface area contributed by atoms with Crippen molar-refractivity contribution in [3.63, 3.8) is 0 Å². The highest BCUT2D eigenvalue weighted by Crippen LogP contribution is 2.23. The Morgan fingerprint density at radius 3 is 2.75 bits per heavy atom. The highest BCUT2D eigenvalue weighted by Gasteiger charge is 2.15. The van der Waals surface area contributed by atoms with Crippen LogP contribution in [0.25, 0.3) is 0 Å². The third-order valence-corrected chi connectivity index (χ3v) is 3.97. The summed E-state index contributed by atoms with van der Waals surface area (Å²) in [6.07, 6.45) is 2.60. The Labute approximate surface area is 121 Å². The van der Waals surface area contributed by atoms with Gasteiger partial charge in [0.25, 0.3) is 0 Å². The molecular formula is C16H26FN3. The molecule has 0 radical (unpaired) electrons. The van der Waals surface area contributed by atoms with Crippen molar-refractivity contribution in [1.82, 2.24) is 10.2 Å². The van der Waals surface area contributed by atoms with Crippen LogP contribution >= 0.6 is 0 Å². The van der Waals surface area contributed by atoms with Crippen LogP contribution in [0, 0.1) is 5.82 Å². The van der Waals surface area contributed by atoms with Crippen molar-refractivity contribution in [3.8, 4) is 0 Å². The lowest BCUT2D eigenvalue weighted by molar-refractivity contribution is 0.346. The Morgan fingerprint density at radius 1 is 1.30 bits per heavy atom. The van der Waals surface area contributed by atoms with Crippen LogP contribution in [-0.4, -0.2) is 44.7 Å². The summed E-state index contributed by atoms with van der Waals surface area (Å²) in [5.74, 6) is -0.121. The number of nitrogens with one attached hydrogen (secondary N) is 1. The molecule has 0 aromatic heterocycles. The van der Waals surface area contributed by atoms with Gasteiger partial charge in [-0.15, -0.1) is 0 Å². The highest BCUT2D eigenvalue weighted by molar-refractivity contribution is 5.54. The molecular weight excluding hydrogens is 253 g/mol. The van der Waals surface area contributed by atoms with E-state index >= 15 is 0 Å². The van der Waals surface area contributed by atoms with E-state index in [1.165, 1.54) is 25.9 Å². The second-order valence-corrected chi connectivity index (χ2v) is 5.50. The number of likely N-dealkylation sites (tertiary alicyclic amines) is 1. The van der Waals surface area contributed by atoms with E-state index in [1.807, 2.05) is 13.1 Å². The zero-order valence-corrected chi connectivity index (χ0v) is 12.7. The van der Waals surface area contributed by atoms with Gasteiger partial charge in [-0.05, 0) is 44.1 Å². The average molecular weight is 279 g/mol. The van der Waals surface area contributed by atoms with E-state index in [1.54, 1.807) is 12.1 Å². The molecule has 1 N–H and O–H groups in total. The van der Waals surface area contributed by atoms with Gasteiger partial charge >= 0.3 is 0 Å². The third kappa shape index (κ3) is 3.93. The van der Waals surface area contributed by atoms with Crippen LogP contribution in [0.4, 0.5) is 10.1 Å². The fourth-order valence-electron chi connectivity index (χ4n) is 2.80. The Hall–Kier alpha value is -1.13. The summed E-state index contributed by atoms with van der Waals surface area (Å²) in [5.41, 5.74) is 1.78. The lowest BCUT2D eigenvalue weighted by Crippen LogP contribution is -2.32. The van der Waals surface area contributed by atoms with Gasteiger partial charge in [-0.25, -0.2) is 4.39 Å². The van der Waals surface area contributed by atoms with Gasteiger partial charge in [-0.1, -0.05) is 19.1 Å². The molecule has 0 unspecified atom stereocenters. The van der Waals surface area contributed by atoms with Gasteiger partial charge in [0, 0.05) is 26.7 Å². The molecule has 0 saturated carbocycles. The molecule has 0 bridgehead atoms. The van der Waals surface area contributed by atoms with Crippen LogP contribution in [0.15, 0.2) is 18.2 Å². The van der Waals surface area contributed by atoms with E-state index in [4.69, 9.17) is 0 Å². The predicted octanol–water partition coefficient (Wildman–Crippen LogP) is 2.47. The normalized spacial score (nSPS) is 15.8. The van der Waals surface area contributed by atoms with Crippen molar-refractivity contribution < 1.29 is 4.39 Å². The molecule has 112 valence electrons. The SMILES string of the molecule is CCNCc1cccc(F)c1N(C)CCN1CCCC1. The summed E-state index contributed by atoms with van der Waals surface area (Å²) in [6, 6.07) is 5.35. The number of anilines is 1. The van der Waals surface area contributed by atoms with Gasteiger partial charge in [0.1, 0.15) is 5.82 Å². The van der Waals surface area contributed by atoms with Crippen LogP contribution < -0.4 is 10.2 Å². The van der Waals surface area contributed by atoms with Crippen molar-refractivity contribution >= 4 is 5.69 Å². The van der Waals surface area contributed by atoms with Crippen molar-refractivity contribution in [2.24, 2.45) is 0 Å². The minimum absolute atomic E-state index is 0.121. The maximum Gasteiger partial charge on any atom is 0.146 e. The molecule has 1 aromatic carbocycles. The van der Waals surface area contributed by atoms with Gasteiger partial charge < -0.3 is 15.1 Å². The van der Waals surface area contributed by atoms with Crippen molar-refractivity contribution in [1.29, 1.82) is 0 Å². The van der Waals surface area contributed by atoms with Crippen LogP contribution in [0.5, 0.6) is 0 Å². The molecule has 0 aliphatic carbocycles. The Kier molecular flexibility index (Phi) is 5.80. The van der Waals surface area contributed by atoms with Crippen molar-refractivity contribution in [2.45, 2.75) is 26.3 Å². The first-order valence-electron chi connectivity index (χ1n) is 7.64. The molecule has 1 heterocycles. The smallest absolute Gasteiger partial charge is 0.146 e. The van der Waals surface area contributed by atoms with E-state index in [9.17, 15) is 4.39 Å². The third-order valence-electron chi connectivity index (χ3n) is 3.97. The summed E-state index contributed by atoms with van der Waals surface area (Å²) in [7, 11) is 1.99. The average Bonchev–Trinajstić information content (AvgIpc) is 2.96. The van der Waals surface area contributed by atoms with E-state index in [0.717, 1.165) is 37.4 Å². The Bertz CT molecular complexity index is 416. The number of likely N-dealkylation sites (N-methyl/N-ethyl adjacent to an activating group) is 1. The molecule has 1 aliphatic rings. The second-order valence-electron chi connectivity index (χ2n) is 5.50. The van der Waals surface area contributed by atoms with Gasteiger partial charge in [0.15, 0.2) is 0 Å². The minimum Gasteiger partial charge on any atom is -0.371 e. The van der Waals surface area contributed by atoms with Crippen molar-refractivity contribution in [3.05, 3.63) is 29.6 Å². The van der Waals surface area contributed by atoms with Crippen molar-refractivity contribution in [2.75, 3.05) is 44.7 Å². The number of hydrogen-bond acceptors (Lipinski definition) is 3. The summed E-state index contributed by atoms with van der Waals surface area (Å²) in [6.45, 7) is 7.96. The number of rotatable bonds is 7. The van der Waals surface area contributed by atoms with Crippen LogP contribution in [-0.2, 0) is 6.54 Å². The number of para-hydroxylation sites is 1. The topological polar surface area (TPSA) is 18.5 Å². The van der Waals surface area contributed by atoms with E-state index in [-0.39, 0.29) is 5.82 Å². The first-order chi connectivity index (χ1) is 9.72. The summed E-state index contributed by atoms with van der Waals surface area (Å²) in [4.78, 5) is 4.52. The Morgan fingerprint density at radius 2 is 2.05 bits per heavy atom. The monoisotopic (exact) mass is 279 g/mol. The largest absolute Gasteiger partial charge is 0.371 e. The van der Waals surface area contributed by atoms with Crippen LogP contribution in [0.2, 0.25) is 0 Å². The molecule has 2 rings (SSSR count). The first-order valence-corrected chi connectivity index (χ1v) is 7.64. The number of hydrogen-bond donors (Lipinski definition) is 1. The molecule has 1 fully saturated rings. The van der Waals surface area contributed by atoms with Crippen LogP contribution in [0.1, 0.15) is 25.3 Å². The second kappa shape index (κ2) is 7.60. The number of nitrogens with zero attached hydrogens (tertiary/aromatic N) is 2. The highest BCUT2D eigenvalue weighted by atomic mass is 19.1. The fourth-order valence-corrected chi connectivity index (χ4v) is 2.80. The summed E-state index contributed by atoms with van der Waals surface area (Å²) < 4.78 is 14.1. The Balaban J connectivity index is 2.00. The van der Waals surface area contributed by atoms with E-state index < -0.39 is 0 Å². The zero-order chi connectivity index (χ0) is 14.4. The van der Waals surface area contributed by atoms with Gasteiger partial charge in [0.2, 0.25) is 0 Å². The van der Waals surface area contributed by atoms with Crippen LogP contribution in [0.3, 0.4) is 0 Å². The van der Waals surface area contributed by atoms with Gasteiger partial charge in [-0.3, -0.25) is 0 Å². The molecule has 0 atom stereocenters. The molecule has 0 amide bonds. The minimum atomic E-state index is -0.121. The molecule has 1 aliphatic heterocycles. The van der Waals surface area contributed by atoms with Gasteiger partial charge in [-0.2, -0.15) is 0 Å². The maximum atomic E-state index is 14.1. The zero-order valence-electron chi connectivity index (χ0n) is 12.7. The quantitative estimate of drug-likeness (QED) is 0.827. The number of halogens is 1. The first kappa shape index (κ1) is 15.3. The molecule has 1 saturated heterocycles. The fraction of sp³-hybridized carbons (Fsp3) is 0.625. The molecule has 4 heteroatoms. The van der Waals surface area contributed by atoms with E-state index in [0.29, 0.717) is 0 Å². The lowest BCUT2D eigenvalue weighted by Gasteiger charge is -2.25. The molecule has 20 heavy (non-hydrogen) atoms. The summed E-state index contributed by atoms with van der Waals surface area (Å²) >= 11 is 0. The maximum absolute atomic E-state index is 14.1. The predicted molar refractivity (Wildman–Crippen MR) is 82.7 cm³/mol. The van der Waals surface area contributed by atoms with Gasteiger partial charge in [0.05, 0.1) is 5.69 Å². The molecule has 3 nitrogen and oxygen atoms in total. The molecule has 1 aromatic rings.